The Labute approximate surface area is 113 Å². The van der Waals surface area contributed by atoms with Gasteiger partial charge in [0.1, 0.15) is 0 Å². The maximum atomic E-state index is 13.5. The van der Waals surface area contributed by atoms with Crippen molar-refractivity contribution in [2.45, 2.75) is 25.8 Å². The number of rotatable bonds is 3. The summed E-state index contributed by atoms with van der Waals surface area (Å²) in [5, 5.41) is 0. The number of piperidine rings is 1. The molecule has 0 aromatic heterocycles. The van der Waals surface area contributed by atoms with Crippen LogP contribution in [0.2, 0.25) is 0 Å². The van der Waals surface area contributed by atoms with Crippen LogP contribution in [0, 0.1) is 5.82 Å². The molecule has 5 heteroatoms. The molecule has 2 N–H and O–H groups in total. The second kappa shape index (κ2) is 6.41. The molecule has 1 saturated heterocycles. The molecule has 1 fully saturated rings. The van der Waals surface area contributed by atoms with Crippen LogP contribution >= 0.6 is 0 Å². The molecule has 1 heterocycles. The predicted octanol–water partition coefficient (Wildman–Crippen LogP) is 2.13. The zero-order chi connectivity index (χ0) is 13.7. The number of halogens is 1. The molecule has 1 aliphatic rings. The maximum absolute atomic E-state index is 13.5. The molecule has 1 aliphatic heterocycles. The van der Waals surface area contributed by atoms with E-state index in [4.69, 9.17) is 10.5 Å². The van der Waals surface area contributed by atoms with Gasteiger partial charge in [-0.25, -0.2) is 9.38 Å². The molecule has 0 atom stereocenters. The number of methoxy groups -OCH3 is 1. The van der Waals surface area contributed by atoms with E-state index in [9.17, 15) is 4.39 Å². The van der Waals surface area contributed by atoms with Gasteiger partial charge in [-0.3, -0.25) is 0 Å². The maximum Gasteiger partial charge on any atom is 0.191 e. The average Bonchev–Trinajstić information content (AvgIpc) is 2.46. The number of benzene rings is 1. The number of nitrogens with two attached hydrogens (primary N) is 1. The van der Waals surface area contributed by atoms with Crippen LogP contribution in [-0.4, -0.2) is 31.1 Å². The number of hydrogen-bond donors (Lipinski definition) is 1. The van der Waals surface area contributed by atoms with Gasteiger partial charge < -0.3 is 15.4 Å². The van der Waals surface area contributed by atoms with Gasteiger partial charge in [-0.05, 0) is 37.0 Å². The molecule has 19 heavy (non-hydrogen) atoms. The number of likely N-dealkylation sites (tertiary alicyclic amines) is 1. The highest BCUT2D eigenvalue weighted by molar-refractivity contribution is 5.78. The smallest absolute Gasteiger partial charge is 0.191 e. The van der Waals surface area contributed by atoms with E-state index >= 15 is 0 Å². The summed E-state index contributed by atoms with van der Waals surface area (Å²) in [7, 11) is 1.45. The molecule has 0 unspecified atom stereocenters. The van der Waals surface area contributed by atoms with Crippen LogP contribution in [-0.2, 0) is 6.54 Å². The molecule has 0 radical (unpaired) electrons. The zero-order valence-corrected chi connectivity index (χ0v) is 11.2. The fourth-order valence-corrected chi connectivity index (χ4v) is 2.20. The fraction of sp³-hybridized carbons (Fsp3) is 0.500. The molecule has 1 aromatic carbocycles. The van der Waals surface area contributed by atoms with Crippen molar-refractivity contribution >= 4 is 5.96 Å². The van der Waals surface area contributed by atoms with Crippen molar-refractivity contribution in [3.8, 4) is 5.75 Å². The summed E-state index contributed by atoms with van der Waals surface area (Å²) in [6, 6.07) is 4.85. The Morgan fingerprint density at radius 2 is 2.11 bits per heavy atom. The Hall–Kier alpha value is -1.78. The number of guanidine groups is 1. The van der Waals surface area contributed by atoms with Gasteiger partial charge in [0.05, 0.1) is 13.7 Å². The van der Waals surface area contributed by atoms with Crippen LogP contribution in [0.25, 0.3) is 0 Å². The van der Waals surface area contributed by atoms with Crippen LogP contribution in [0.4, 0.5) is 4.39 Å². The molecule has 0 aliphatic carbocycles. The van der Waals surface area contributed by atoms with E-state index in [2.05, 4.69) is 9.89 Å². The first-order valence-electron chi connectivity index (χ1n) is 6.58. The molecule has 0 saturated carbocycles. The van der Waals surface area contributed by atoms with Gasteiger partial charge in [-0.1, -0.05) is 6.07 Å². The summed E-state index contributed by atoms with van der Waals surface area (Å²) in [4.78, 5) is 6.41. The second-order valence-electron chi connectivity index (χ2n) is 4.69. The van der Waals surface area contributed by atoms with Crippen molar-refractivity contribution in [3.05, 3.63) is 29.6 Å². The quantitative estimate of drug-likeness (QED) is 0.673. The van der Waals surface area contributed by atoms with Gasteiger partial charge in [-0.2, -0.15) is 0 Å². The average molecular weight is 265 g/mol. The SMILES string of the molecule is COc1ccc(CN=C(N)N2CCCCC2)cc1F. The van der Waals surface area contributed by atoms with Gasteiger partial charge in [0.2, 0.25) is 0 Å². The van der Waals surface area contributed by atoms with Crippen LogP contribution in [0.15, 0.2) is 23.2 Å². The summed E-state index contributed by atoms with van der Waals surface area (Å²) >= 11 is 0. The minimum Gasteiger partial charge on any atom is -0.494 e. The van der Waals surface area contributed by atoms with E-state index in [0.717, 1.165) is 31.5 Å². The first-order chi connectivity index (χ1) is 9.20. The molecular weight excluding hydrogens is 245 g/mol. The van der Waals surface area contributed by atoms with Gasteiger partial charge in [-0.15, -0.1) is 0 Å². The monoisotopic (exact) mass is 265 g/mol. The molecule has 104 valence electrons. The third kappa shape index (κ3) is 3.59. The molecule has 2 rings (SSSR count). The van der Waals surface area contributed by atoms with Gasteiger partial charge in [0, 0.05) is 13.1 Å². The predicted molar refractivity (Wildman–Crippen MR) is 73.7 cm³/mol. The Morgan fingerprint density at radius 3 is 2.74 bits per heavy atom. The molecule has 0 spiro atoms. The largest absolute Gasteiger partial charge is 0.494 e. The topological polar surface area (TPSA) is 50.9 Å². The molecular formula is C14H20FN3O. The Kier molecular flexibility index (Phi) is 4.60. The molecule has 1 aromatic rings. The van der Waals surface area contributed by atoms with E-state index in [1.807, 2.05) is 0 Å². The third-order valence-electron chi connectivity index (χ3n) is 3.32. The Morgan fingerprint density at radius 1 is 1.37 bits per heavy atom. The van der Waals surface area contributed by atoms with Gasteiger partial charge in [0.15, 0.2) is 17.5 Å². The molecule has 0 amide bonds. The van der Waals surface area contributed by atoms with Crippen LogP contribution in [0.1, 0.15) is 24.8 Å². The second-order valence-corrected chi connectivity index (χ2v) is 4.69. The van der Waals surface area contributed by atoms with Crippen molar-refractivity contribution in [2.24, 2.45) is 10.7 Å². The minimum absolute atomic E-state index is 0.247. The van der Waals surface area contributed by atoms with Crippen molar-refractivity contribution < 1.29 is 9.13 Å². The number of ether oxygens (including phenoxy) is 1. The summed E-state index contributed by atoms with van der Waals surface area (Å²) in [5.41, 5.74) is 6.74. The summed E-state index contributed by atoms with van der Waals surface area (Å²) in [6.45, 7) is 2.32. The highest BCUT2D eigenvalue weighted by Gasteiger charge is 2.11. The van der Waals surface area contributed by atoms with Crippen molar-refractivity contribution in [3.63, 3.8) is 0 Å². The van der Waals surface area contributed by atoms with Crippen LogP contribution in [0.3, 0.4) is 0 Å². The lowest BCUT2D eigenvalue weighted by Gasteiger charge is -2.27. The Balaban J connectivity index is 1.98. The third-order valence-corrected chi connectivity index (χ3v) is 3.32. The first-order valence-corrected chi connectivity index (χ1v) is 6.58. The lowest BCUT2D eigenvalue weighted by molar-refractivity contribution is 0.338. The van der Waals surface area contributed by atoms with E-state index in [1.54, 1.807) is 12.1 Å². The van der Waals surface area contributed by atoms with Crippen LogP contribution in [0.5, 0.6) is 5.75 Å². The molecule has 4 nitrogen and oxygen atoms in total. The first kappa shape index (κ1) is 13.6. The number of hydrogen-bond acceptors (Lipinski definition) is 2. The van der Waals surface area contributed by atoms with E-state index in [0.29, 0.717) is 12.5 Å². The lowest BCUT2D eigenvalue weighted by atomic mass is 10.1. The van der Waals surface area contributed by atoms with Gasteiger partial charge in [0.25, 0.3) is 0 Å². The van der Waals surface area contributed by atoms with Gasteiger partial charge >= 0.3 is 0 Å². The zero-order valence-electron chi connectivity index (χ0n) is 11.2. The Bertz CT molecular complexity index is 456. The van der Waals surface area contributed by atoms with Crippen molar-refractivity contribution in [2.75, 3.05) is 20.2 Å². The molecule has 0 bridgehead atoms. The number of aliphatic imine (C=N–C) groups is 1. The summed E-state index contributed by atoms with van der Waals surface area (Å²) < 4.78 is 18.4. The normalized spacial score (nSPS) is 16.5. The minimum atomic E-state index is -0.369. The van der Waals surface area contributed by atoms with E-state index < -0.39 is 0 Å². The lowest BCUT2D eigenvalue weighted by Crippen LogP contribution is -2.40. The standard InChI is InChI=1S/C14H20FN3O/c1-19-13-6-5-11(9-12(13)15)10-17-14(16)18-7-3-2-4-8-18/h5-6,9H,2-4,7-8,10H2,1H3,(H2,16,17). The summed E-state index contributed by atoms with van der Waals surface area (Å²) in [5.74, 6) is 0.430. The summed E-state index contributed by atoms with van der Waals surface area (Å²) in [6.07, 6.45) is 3.58. The number of nitrogens with zero attached hydrogens (tertiary/aromatic N) is 2. The van der Waals surface area contributed by atoms with E-state index in [1.165, 1.54) is 19.6 Å². The van der Waals surface area contributed by atoms with E-state index in [-0.39, 0.29) is 11.6 Å². The van der Waals surface area contributed by atoms with Crippen molar-refractivity contribution in [1.82, 2.24) is 4.90 Å². The highest BCUT2D eigenvalue weighted by Crippen LogP contribution is 2.18. The fourth-order valence-electron chi connectivity index (χ4n) is 2.20. The highest BCUT2D eigenvalue weighted by atomic mass is 19.1. The van der Waals surface area contributed by atoms with Crippen LogP contribution < -0.4 is 10.5 Å². The van der Waals surface area contributed by atoms with Crippen molar-refractivity contribution in [1.29, 1.82) is 0 Å².